The molecule has 0 aliphatic rings. The third-order valence-corrected chi connectivity index (χ3v) is 3.79. The van der Waals surface area contributed by atoms with Gasteiger partial charge in [0.05, 0.1) is 12.0 Å². The first kappa shape index (κ1) is 21.0. The van der Waals surface area contributed by atoms with Crippen molar-refractivity contribution >= 4 is 17.7 Å². The Kier molecular flexibility index (Phi) is 8.08. The van der Waals surface area contributed by atoms with Gasteiger partial charge in [-0.15, -0.1) is 0 Å². The maximum Gasteiger partial charge on any atom is 0.254 e. The van der Waals surface area contributed by atoms with Crippen molar-refractivity contribution in [3.8, 4) is 0 Å². The van der Waals surface area contributed by atoms with Crippen LogP contribution in [0.5, 0.6) is 0 Å². The summed E-state index contributed by atoms with van der Waals surface area (Å²) in [6, 6.07) is 11.9. The summed E-state index contributed by atoms with van der Waals surface area (Å²) in [6.07, 6.45) is 0.257. The topological polar surface area (TPSA) is 87.3 Å². The van der Waals surface area contributed by atoms with Crippen molar-refractivity contribution in [2.45, 2.75) is 12.8 Å². The van der Waals surface area contributed by atoms with Crippen LogP contribution in [0.3, 0.4) is 0 Å². The molecule has 0 aliphatic carbocycles. The quantitative estimate of drug-likeness (QED) is 0.569. The molecule has 0 fully saturated rings. The molecule has 2 rings (SSSR count). The highest BCUT2D eigenvalue weighted by molar-refractivity contribution is 5.94. The molecule has 0 unspecified atom stereocenters. The number of hydrogen-bond acceptors (Lipinski definition) is 3. The van der Waals surface area contributed by atoms with Crippen molar-refractivity contribution in [2.24, 2.45) is 0 Å². The van der Waals surface area contributed by atoms with Crippen LogP contribution in [0.25, 0.3) is 0 Å². The molecule has 2 aromatic rings. The van der Waals surface area contributed by atoms with E-state index in [1.54, 1.807) is 0 Å². The number of nitrogens with one attached hydrogen (secondary N) is 3. The Morgan fingerprint density at radius 2 is 1.46 bits per heavy atom. The molecule has 28 heavy (non-hydrogen) atoms. The van der Waals surface area contributed by atoms with Crippen molar-refractivity contribution in [3.63, 3.8) is 0 Å². The number of carbonyl (C=O) groups is 3. The van der Waals surface area contributed by atoms with Gasteiger partial charge < -0.3 is 16.0 Å². The van der Waals surface area contributed by atoms with Crippen LogP contribution in [-0.2, 0) is 16.0 Å². The molecule has 3 amide bonds. The fourth-order valence-electron chi connectivity index (χ4n) is 2.39. The van der Waals surface area contributed by atoms with Gasteiger partial charge >= 0.3 is 0 Å². The van der Waals surface area contributed by atoms with Gasteiger partial charge in [-0.05, 0) is 17.7 Å². The van der Waals surface area contributed by atoms with E-state index in [-0.39, 0.29) is 49.9 Å². The lowest BCUT2D eigenvalue weighted by Gasteiger charge is -2.08. The summed E-state index contributed by atoms with van der Waals surface area (Å²) in [7, 11) is 0. The van der Waals surface area contributed by atoms with E-state index in [0.29, 0.717) is 6.07 Å². The van der Waals surface area contributed by atoms with Crippen molar-refractivity contribution < 1.29 is 23.2 Å². The van der Waals surface area contributed by atoms with Crippen LogP contribution in [0.2, 0.25) is 0 Å². The predicted octanol–water partition coefficient (Wildman–Crippen LogP) is 1.56. The van der Waals surface area contributed by atoms with E-state index < -0.39 is 17.5 Å². The minimum atomic E-state index is -0.965. The lowest BCUT2D eigenvalue weighted by Crippen LogP contribution is -2.36. The summed E-state index contributed by atoms with van der Waals surface area (Å²) >= 11 is 0. The van der Waals surface area contributed by atoms with Crippen LogP contribution >= 0.6 is 0 Å². The molecular formula is C20H21F2N3O3. The molecule has 8 heteroatoms. The minimum absolute atomic E-state index is 0.00183. The molecule has 0 radical (unpaired) electrons. The Bertz CT molecular complexity index is 829. The number of benzene rings is 2. The molecule has 148 valence electrons. The van der Waals surface area contributed by atoms with Gasteiger partial charge in [0.1, 0.15) is 11.6 Å². The van der Waals surface area contributed by atoms with Gasteiger partial charge in [-0.1, -0.05) is 30.3 Å². The Morgan fingerprint density at radius 3 is 2.14 bits per heavy atom. The first-order valence-corrected chi connectivity index (χ1v) is 8.76. The summed E-state index contributed by atoms with van der Waals surface area (Å²) < 4.78 is 26.3. The lowest BCUT2D eigenvalue weighted by molar-refractivity contribution is -0.122. The first-order chi connectivity index (χ1) is 13.5. The molecule has 0 aromatic heterocycles. The predicted molar refractivity (Wildman–Crippen MR) is 99.5 cm³/mol. The summed E-state index contributed by atoms with van der Waals surface area (Å²) in [5.41, 5.74) is 0.611. The second kappa shape index (κ2) is 10.8. The van der Waals surface area contributed by atoms with Crippen LogP contribution in [0.1, 0.15) is 22.3 Å². The molecule has 0 saturated heterocycles. The highest BCUT2D eigenvalue weighted by Crippen LogP contribution is 2.09. The van der Waals surface area contributed by atoms with E-state index in [1.165, 1.54) is 0 Å². The normalized spacial score (nSPS) is 10.2. The number of hydrogen-bond donors (Lipinski definition) is 3. The highest BCUT2D eigenvalue weighted by atomic mass is 19.1. The Hall–Kier alpha value is -3.29. The molecule has 0 saturated carbocycles. The standard InChI is InChI=1S/C20H21F2N3O3/c21-15-6-7-16(17(22)13-15)20(28)25-9-8-18(26)23-10-11-24-19(27)12-14-4-2-1-3-5-14/h1-7,13H,8-12H2,(H,23,26)(H,24,27)(H,25,28). The zero-order valence-electron chi connectivity index (χ0n) is 15.1. The molecule has 0 spiro atoms. The molecule has 0 heterocycles. The smallest absolute Gasteiger partial charge is 0.254 e. The lowest BCUT2D eigenvalue weighted by atomic mass is 10.1. The fraction of sp³-hybridized carbons (Fsp3) is 0.250. The molecular weight excluding hydrogens is 368 g/mol. The Labute approximate surface area is 161 Å². The van der Waals surface area contributed by atoms with Gasteiger partial charge in [0, 0.05) is 32.1 Å². The largest absolute Gasteiger partial charge is 0.354 e. The van der Waals surface area contributed by atoms with Crippen LogP contribution in [0.15, 0.2) is 48.5 Å². The first-order valence-electron chi connectivity index (χ1n) is 8.76. The molecule has 6 nitrogen and oxygen atoms in total. The van der Waals surface area contributed by atoms with Gasteiger partial charge in [0.2, 0.25) is 11.8 Å². The van der Waals surface area contributed by atoms with Crippen molar-refractivity contribution in [1.29, 1.82) is 0 Å². The minimum Gasteiger partial charge on any atom is -0.354 e. The van der Waals surface area contributed by atoms with Gasteiger partial charge in [-0.2, -0.15) is 0 Å². The van der Waals surface area contributed by atoms with Crippen molar-refractivity contribution in [2.75, 3.05) is 19.6 Å². The van der Waals surface area contributed by atoms with Crippen LogP contribution in [0.4, 0.5) is 8.78 Å². The zero-order chi connectivity index (χ0) is 20.4. The van der Waals surface area contributed by atoms with E-state index in [0.717, 1.165) is 17.7 Å². The van der Waals surface area contributed by atoms with Crippen LogP contribution in [-0.4, -0.2) is 37.4 Å². The maximum atomic E-state index is 13.5. The maximum absolute atomic E-state index is 13.5. The SMILES string of the molecule is O=C(CCNC(=O)c1ccc(F)cc1F)NCCNC(=O)Cc1ccccc1. The molecule has 2 aromatic carbocycles. The summed E-state index contributed by atoms with van der Waals surface area (Å²) in [6.45, 7) is 0.534. The van der Waals surface area contributed by atoms with Gasteiger partial charge in [-0.3, -0.25) is 14.4 Å². The van der Waals surface area contributed by atoms with Crippen LogP contribution in [0, 0.1) is 11.6 Å². The van der Waals surface area contributed by atoms with E-state index in [2.05, 4.69) is 16.0 Å². The zero-order valence-corrected chi connectivity index (χ0v) is 15.1. The third-order valence-electron chi connectivity index (χ3n) is 3.79. The molecule has 0 aliphatic heterocycles. The molecule has 3 N–H and O–H groups in total. The van der Waals surface area contributed by atoms with E-state index >= 15 is 0 Å². The van der Waals surface area contributed by atoms with E-state index in [1.807, 2.05) is 30.3 Å². The van der Waals surface area contributed by atoms with Gasteiger partial charge in [0.25, 0.3) is 5.91 Å². The number of carbonyl (C=O) groups excluding carboxylic acids is 3. The Balaban J connectivity index is 1.58. The third kappa shape index (κ3) is 7.14. The summed E-state index contributed by atoms with van der Waals surface area (Å²) in [5, 5.41) is 7.70. The molecule has 0 bridgehead atoms. The number of amides is 3. The van der Waals surface area contributed by atoms with E-state index in [9.17, 15) is 23.2 Å². The fourth-order valence-corrected chi connectivity index (χ4v) is 2.39. The second-order valence-electron chi connectivity index (χ2n) is 5.99. The van der Waals surface area contributed by atoms with Gasteiger partial charge in [-0.25, -0.2) is 8.78 Å². The number of rotatable bonds is 9. The average Bonchev–Trinajstić information content (AvgIpc) is 2.66. The monoisotopic (exact) mass is 389 g/mol. The number of halogens is 2. The average molecular weight is 389 g/mol. The van der Waals surface area contributed by atoms with Gasteiger partial charge in [0.15, 0.2) is 0 Å². The van der Waals surface area contributed by atoms with Crippen molar-refractivity contribution in [3.05, 3.63) is 71.3 Å². The van der Waals surface area contributed by atoms with Crippen molar-refractivity contribution in [1.82, 2.24) is 16.0 Å². The van der Waals surface area contributed by atoms with E-state index in [4.69, 9.17) is 0 Å². The summed E-state index contributed by atoms with van der Waals surface area (Å²) in [4.78, 5) is 35.3. The van der Waals surface area contributed by atoms with Crippen LogP contribution < -0.4 is 16.0 Å². The highest BCUT2D eigenvalue weighted by Gasteiger charge is 2.12. The molecule has 0 atom stereocenters. The Morgan fingerprint density at radius 1 is 0.786 bits per heavy atom. The second-order valence-corrected chi connectivity index (χ2v) is 5.99. The summed E-state index contributed by atoms with van der Waals surface area (Å²) in [5.74, 6) is -2.93.